The Morgan fingerprint density at radius 3 is 2.92 bits per heavy atom. The van der Waals surface area contributed by atoms with Crippen LogP contribution >= 0.6 is 11.3 Å². The first-order valence-electron chi connectivity index (χ1n) is 7.82. The van der Waals surface area contributed by atoms with Gasteiger partial charge < -0.3 is 5.32 Å². The first kappa shape index (κ1) is 16.6. The Kier molecular flexibility index (Phi) is 4.35. The largest absolute Gasteiger partial charge is 0.312 e. The summed E-state index contributed by atoms with van der Waals surface area (Å²) in [4.78, 5) is 28.5. The van der Waals surface area contributed by atoms with Crippen LogP contribution in [0.25, 0.3) is 0 Å². The highest BCUT2D eigenvalue weighted by molar-refractivity contribution is 7.15. The smallest absolute Gasteiger partial charge is 0.300 e. The molecule has 0 saturated carbocycles. The van der Waals surface area contributed by atoms with Crippen molar-refractivity contribution in [3.05, 3.63) is 32.1 Å². The fraction of sp³-hybridized carbons (Fsp3) is 0.533. The summed E-state index contributed by atoms with van der Waals surface area (Å²) in [7, 11) is 0. The molecular weight excluding hydrogens is 330 g/mol. The van der Waals surface area contributed by atoms with Crippen LogP contribution in [0.15, 0.2) is 0 Å². The maximum Gasteiger partial charge on any atom is 0.312 e. The molecule has 1 atom stereocenters. The third-order valence-electron chi connectivity index (χ3n) is 4.25. The number of carbonyl (C=O) groups is 1. The Morgan fingerprint density at radius 1 is 1.50 bits per heavy atom. The van der Waals surface area contributed by atoms with Crippen LogP contribution < -0.4 is 5.32 Å². The number of nitro groups is 1. The average molecular weight is 349 g/mol. The molecule has 8 nitrogen and oxygen atoms in total. The predicted molar refractivity (Wildman–Crippen MR) is 90.3 cm³/mol. The molecule has 0 aliphatic heterocycles. The van der Waals surface area contributed by atoms with E-state index in [4.69, 9.17) is 0 Å². The van der Waals surface area contributed by atoms with Gasteiger partial charge in [0.25, 0.3) is 0 Å². The van der Waals surface area contributed by atoms with Gasteiger partial charge in [-0.15, -0.1) is 11.3 Å². The van der Waals surface area contributed by atoms with Crippen molar-refractivity contribution in [1.29, 1.82) is 0 Å². The van der Waals surface area contributed by atoms with Gasteiger partial charge in [0.1, 0.15) is 17.9 Å². The van der Waals surface area contributed by atoms with Crippen molar-refractivity contribution in [1.82, 2.24) is 14.8 Å². The fourth-order valence-corrected chi connectivity index (χ4v) is 4.18. The van der Waals surface area contributed by atoms with E-state index in [2.05, 4.69) is 22.3 Å². The second kappa shape index (κ2) is 6.31. The number of anilines is 1. The highest BCUT2D eigenvalue weighted by atomic mass is 32.1. The summed E-state index contributed by atoms with van der Waals surface area (Å²) in [5.41, 5.74) is 1.72. The van der Waals surface area contributed by atoms with Gasteiger partial charge in [-0.05, 0) is 39.0 Å². The molecule has 2 heterocycles. The summed E-state index contributed by atoms with van der Waals surface area (Å²) in [6.07, 6.45) is 3.08. The highest BCUT2D eigenvalue weighted by Gasteiger charge is 2.24. The summed E-state index contributed by atoms with van der Waals surface area (Å²) in [6.45, 7) is 5.31. The van der Waals surface area contributed by atoms with Crippen molar-refractivity contribution in [3.8, 4) is 0 Å². The zero-order valence-corrected chi connectivity index (χ0v) is 14.6. The predicted octanol–water partition coefficient (Wildman–Crippen LogP) is 2.63. The number of fused-ring (bicyclic) bond motifs is 1. The maximum atomic E-state index is 12.2. The zero-order chi connectivity index (χ0) is 17.4. The van der Waals surface area contributed by atoms with Crippen LogP contribution in [-0.4, -0.2) is 25.6 Å². The molecule has 1 aliphatic carbocycles. The monoisotopic (exact) mass is 349 g/mol. The highest BCUT2D eigenvalue weighted by Crippen LogP contribution is 2.32. The molecule has 1 N–H and O–H groups in total. The van der Waals surface area contributed by atoms with Crippen molar-refractivity contribution in [2.75, 3.05) is 5.32 Å². The molecule has 3 rings (SSSR count). The molecule has 0 saturated heterocycles. The molecule has 9 heteroatoms. The Hall–Kier alpha value is -2.29. The number of aryl methyl sites for hydroxylation is 2. The van der Waals surface area contributed by atoms with Gasteiger partial charge in [0.2, 0.25) is 5.91 Å². The minimum Gasteiger partial charge on any atom is -0.300 e. The minimum atomic E-state index is -0.470. The second-order valence-corrected chi connectivity index (χ2v) is 7.30. The Balaban J connectivity index is 1.71. The van der Waals surface area contributed by atoms with E-state index < -0.39 is 4.92 Å². The van der Waals surface area contributed by atoms with Crippen molar-refractivity contribution in [2.24, 2.45) is 5.92 Å². The van der Waals surface area contributed by atoms with Crippen molar-refractivity contribution >= 4 is 28.1 Å². The number of hydrogen-bond acceptors (Lipinski definition) is 6. The van der Waals surface area contributed by atoms with Crippen LogP contribution in [-0.2, 0) is 24.2 Å². The van der Waals surface area contributed by atoms with E-state index in [9.17, 15) is 14.9 Å². The van der Waals surface area contributed by atoms with Gasteiger partial charge in [-0.3, -0.25) is 19.6 Å². The molecule has 2 aromatic heterocycles. The summed E-state index contributed by atoms with van der Waals surface area (Å²) in [5, 5.41) is 18.5. The molecule has 128 valence electrons. The SMILES string of the molecule is Cc1nn(CC(=O)Nc2nc3c(s2)C[C@@H](C)CC3)c(C)c1[N+](=O)[O-]. The number of carbonyl (C=O) groups excluding carboxylic acids is 1. The number of amides is 1. The third kappa shape index (κ3) is 3.16. The third-order valence-corrected chi connectivity index (χ3v) is 5.29. The molecular formula is C15H19N5O3S. The average Bonchev–Trinajstić information content (AvgIpc) is 2.98. The lowest BCUT2D eigenvalue weighted by molar-refractivity contribution is -0.386. The van der Waals surface area contributed by atoms with Crippen molar-refractivity contribution < 1.29 is 9.72 Å². The lowest BCUT2D eigenvalue weighted by Crippen LogP contribution is -2.20. The molecule has 0 aromatic carbocycles. The van der Waals surface area contributed by atoms with Crippen LogP contribution in [0.5, 0.6) is 0 Å². The minimum absolute atomic E-state index is 0.0403. The van der Waals surface area contributed by atoms with E-state index in [0.29, 0.717) is 22.4 Å². The van der Waals surface area contributed by atoms with E-state index in [-0.39, 0.29) is 18.1 Å². The van der Waals surface area contributed by atoms with Gasteiger partial charge in [0.05, 0.1) is 10.6 Å². The summed E-state index contributed by atoms with van der Waals surface area (Å²) < 4.78 is 1.36. The summed E-state index contributed by atoms with van der Waals surface area (Å²) in [6, 6.07) is 0. The normalized spacial score (nSPS) is 16.7. The molecule has 24 heavy (non-hydrogen) atoms. The van der Waals surface area contributed by atoms with E-state index in [1.54, 1.807) is 13.8 Å². The number of nitrogens with zero attached hydrogens (tertiary/aromatic N) is 4. The molecule has 1 amide bonds. The summed E-state index contributed by atoms with van der Waals surface area (Å²) >= 11 is 1.51. The van der Waals surface area contributed by atoms with Gasteiger partial charge in [-0.25, -0.2) is 4.98 Å². The van der Waals surface area contributed by atoms with Crippen LogP contribution in [0.1, 0.15) is 35.3 Å². The Bertz CT molecular complexity index is 810. The lowest BCUT2D eigenvalue weighted by Gasteiger charge is -2.15. The number of thiazole rings is 1. The lowest BCUT2D eigenvalue weighted by atomic mass is 9.93. The van der Waals surface area contributed by atoms with Crippen LogP contribution in [0.4, 0.5) is 10.8 Å². The number of rotatable bonds is 4. The molecule has 2 aromatic rings. The number of aromatic nitrogens is 3. The van der Waals surface area contributed by atoms with E-state index in [1.165, 1.54) is 20.9 Å². The Labute approximate surface area is 143 Å². The molecule has 1 aliphatic rings. The van der Waals surface area contributed by atoms with E-state index >= 15 is 0 Å². The molecule has 0 bridgehead atoms. The van der Waals surface area contributed by atoms with Gasteiger partial charge in [0, 0.05) is 4.88 Å². The number of nitrogens with one attached hydrogen (secondary N) is 1. The maximum absolute atomic E-state index is 12.2. The van der Waals surface area contributed by atoms with Crippen LogP contribution in [0, 0.1) is 29.9 Å². The van der Waals surface area contributed by atoms with Gasteiger partial charge in [-0.2, -0.15) is 5.10 Å². The number of hydrogen-bond donors (Lipinski definition) is 1. The van der Waals surface area contributed by atoms with Gasteiger partial charge in [-0.1, -0.05) is 6.92 Å². The molecule has 0 spiro atoms. The molecule has 0 unspecified atom stereocenters. The second-order valence-electron chi connectivity index (χ2n) is 6.22. The standard InChI is InChI=1S/C15H19N5O3S/c1-8-4-5-11-12(6-8)24-15(16-11)17-13(21)7-19-10(3)14(20(22)23)9(2)18-19/h8H,4-7H2,1-3H3,(H,16,17,21)/t8-/m0/s1. The van der Waals surface area contributed by atoms with Gasteiger partial charge >= 0.3 is 5.69 Å². The van der Waals surface area contributed by atoms with Crippen molar-refractivity contribution in [3.63, 3.8) is 0 Å². The first-order chi connectivity index (χ1) is 11.3. The topological polar surface area (TPSA) is 103 Å². The Morgan fingerprint density at radius 2 is 2.25 bits per heavy atom. The summed E-state index contributed by atoms with van der Waals surface area (Å²) in [5.74, 6) is 0.367. The van der Waals surface area contributed by atoms with Crippen LogP contribution in [0.3, 0.4) is 0 Å². The van der Waals surface area contributed by atoms with Crippen molar-refractivity contribution in [2.45, 2.75) is 46.6 Å². The van der Waals surface area contributed by atoms with E-state index in [1.807, 2.05) is 0 Å². The molecule has 0 radical (unpaired) electrons. The zero-order valence-electron chi connectivity index (χ0n) is 13.8. The first-order valence-corrected chi connectivity index (χ1v) is 8.63. The quantitative estimate of drug-likeness (QED) is 0.675. The fourth-order valence-electron chi connectivity index (χ4n) is 2.99. The van der Waals surface area contributed by atoms with Gasteiger partial charge in [0.15, 0.2) is 5.13 Å². The molecule has 0 fully saturated rings. The van der Waals surface area contributed by atoms with Crippen LogP contribution in [0.2, 0.25) is 0 Å². The van der Waals surface area contributed by atoms with E-state index in [0.717, 1.165) is 25.0 Å².